The minimum absolute atomic E-state index is 0.148. The first-order valence-electron chi connectivity index (χ1n) is 3.95. The Bertz CT molecular complexity index is 384. The van der Waals surface area contributed by atoms with E-state index in [1.807, 2.05) is 0 Å². The number of nitro benzene ring substituents is 1. The predicted molar refractivity (Wildman–Crippen MR) is 48.3 cm³/mol. The monoisotopic (exact) mass is 192 g/mol. The van der Waals surface area contributed by atoms with Crippen LogP contribution in [0.15, 0.2) is 24.3 Å². The number of para-hydroxylation sites is 1. The van der Waals surface area contributed by atoms with Gasteiger partial charge in [0.2, 0.25) is 0 Å². The van der Waals surface area contributed by atoms with E-state index in [1.54, 1.807) is 12.1 Å². The highest BCUT2D eigenvalue weighted by Crippen LogP contribution is 2.26. The molecule has 5 heteroatoms. The molecule has 0 aliphatic rings. The van der Waals surface area contributed by atoms with Crippen molar-refractivity contribution in [2.45, 2.75) is 12.5 Å². The Kier molecular flexibility index (Phi) is 3.15. The van der Waals surface area contributed by atoms with Gasteiger partial charge in [-0.2, -0.15) is 5.26 Å². The van der Waals surface area contributed by atoms with Crippen molar-refractivity contribution in [2.24, 2.45) is 0 Å². The highest BCUT2D eigenvalue weighted by atomic mass is 16.6. The van der Waals surface area contributed by atoms with E-state index < -0.39 is 11.0 Å². The van der Waals surface area contributed by atoms with Crippen LogP contribution in [0.1, 0.15) is 18.1 Å². The van der Waals surface area contributed by atoms with Crippen molar-refractivity contribution in [3.8, 4) is 6.07 Å². The van der Waals surface area contributed by atoms with Crippen LogP contribution < -0.4 is 0 Å². The van der Waals surface area contributed by atoms with E-state index in [0.717, 1.165) is 0 Å². The second-order valence-corrected chi connectivity index (χ2v) is 2.69. The first kappa shape index (κ1) is 10.2. The number of nitro groups is 1. The minimum Gasteiger partial charge on any atom is -0.387 e. The second-order valence-electron chi connectivity index (χ2n) is 2.69. The molecular formula is C9H8N2O3. The van der Waals surface area contributed by atoms with Gasteiger partial charge in [0, 0.05) is 6.07 Å². The molecule has 1 aromatic carbocycles. The number of nitriles is 1. The van der Waals surface area contributed by atoms with E-state index in [4.69, 9.17) is 5.26 Å². The van der Waals surface area contributed by atoms with Gasteiger partial charge in [0.1, 0.15) is 0 Å². The summed E-state index contributed by atoms with van der Waals surface area (Å²) in [7, 11) is 0. The molecule has 0 saturated carbocycles. The molecule has 0 fully saturated rings. The molecule has 0 bridgehead atoms. The van der Waals surface area contributed by atoms with Gasteiger partial charge in [0.05, 0.1) is 29.1 Å². The Morgan fingerprint density at radius 1 is 1.57 bits per heavy atom. The quantitative estimate of drug-likeness (QED) is 0.581. The maximum absolute atomic E-state index is 10.5. The van der Waals surface area contributed by atoms with Crippen molar-refractivity contribution >= 4 is 5.69 Å². The molecule has 5 nitrogen and oxygen atoms in total. The molecule has 0 unspecified atom stereocenters. The summed E-state index contributed by atoms with van der Waals surface area (Å²) in [4.78, 5) is 9.97. The molecule has 72 valence electrons. The van der Waals surface area contributed by atoms with Crippen molar-refractivity contribution in [2.75, 3.05) is 0 Å². The summed E-state index contributed by atoms with van der Waals surface area (Å²) in [6, 6.07) is 7.61. The predicted octanol–water partition coefficient (Wildman–Crippen LogP) is 1.54. The summed E-state index contributed by atoms with van der Waals surface area (Å²) in [6.07, 6.45) is -1.24. The van der Waals surface area contributed by atoms with E-state index in [2.05, 4.69) is 0 Å². The fourth-order valence-electron chi connectivity index (χ4n) is 1.13. The van der Waals surface area contributed by atoms with Crippen molar-refractivity contribution in [3.63, 3.8) is 0 Å². The third-order valence-electron chi connectivity index (χ3n) is 1.78. The Hall–Kier alpha value is -1.93. The summed E-state index contributed by atoms with van der Waals surface area (Å²) in [5.74, 6) is 0. The molecule has 1 atom stereocenters. The van der Waals surface area contributed by atoms with Crippen LogP contribution in [0.5, 0.6) is 0 Å². The van der Waals surface area contributed by atoms with Crippen LogP contribution in [0.25, 0.3) is 0 Å². The summed E-state index contributed by atoms with van der Waals surface area (Å²) in [6.45, 7) is 0. The summed E-state index contributed by atoms with van der Waals surface area (Å²) >= 11 is 0. The Morgan fingerprint density at radius 3 is 2.79 bits per heavy atom. The van der Waals surface area contributed by atoms with Crippen molar-refractivity contribution in [3.05, 3.63) is 39.9 Å². The maximum atomic E-state index is 10.5. The number of benzene rings is 1. The summed E-state index contributed by atoms with van der Waals surface area (Å²) in [5.41, 5.74) is 0.0225. The number of aliphatic hydroxyl groups excluding tert-OH is 1. The van der Waals surface area contributed by atoms with Crippen LogP contribution in [0.4, 0.5) is 5.69 Å². The minimum atomic E-state index is -1.10. The molecular weight excluding hydrogens is 184 g/mol. The molecule has 14 heavy (non-hydrogen) atoms. The number of rotatable bonds is 3. The number of hydrogen-bond acceptors (Lipinski definition) is 4. The second kappa shape index (κ2) is 4.35. The lowest BCUT2D eigenvalue weighted by Gasteiger charge is -2.06. The zero-order chi connectivity index (χ0) is 10.6. The van der Waals surface area contributed by atoms with E-state index in [1.165, 1.54) is 18.2 Å². The molecule has 0 radical (unpaired) electrons. The Labute approximate surface area is 80.4 Å². The number of aliphatic hydroxyl groups is 1. The molecule has 0 aliphatic carbocycles. The third kappa shape index (κ3) is 2.06. The van der Waals surface area contributed by atoms with Gasteiger partial charge in [-0.15, -0.1) is 0 Å². The van der Waals surface area contributed by atoms with Gasteiger partial charge in [-0.1, -0.05) is 12.1 Å². The average molecular weight is 192 g/mol. The lowest BCUT2D eigenvalue weighted by atomic mass is 10.1. The van der Waals surface area contributed by atoms with Crippen molar-refractivity contribution < 1.29 is 10.0 Å². The van der Waals surface area contributed by atoms with Crippen LogP contribution in [-0.4, -0.2) is 10.0 Å². The Balaban J connectivity index is 3.08. The summed E-state index contributed by atoms with van der Waals surface area (Å²) in [5, 5.41) is 28.3. The third-order valence-corrected chi connectivity index (χ3v) is 1.78. The largest absolute Gasteiger partial charge is 0.387 e. The first-order chi connectivity index (χ1) is 6.66. The van der Waals surface area contributed by atoms with Crippen LogP contribution in [0, 0.1) is 21.4 Å². The molecule has 0 aliphatic heterocycles. The molecule has 0 spiro atoms. The normalized spacial score (nSPS) is 11.7. The van der Waals surface area contributed by atoms with Gasteiger partial charge in [0.25, 0.3) is 5.69 Å². The van der Waals surface area contributed by atoms with E-state index >= 15 is 0 Å². The lowest BCUT2D eigenvalue weighted by Crippen LogP contribution is -2.01. The molecule has 1 aromatic rings. The molecule has 0 saturated heterocycles. The average Bonchev–Trinajstić information content (AvgIpc) is 2.18. The molecule has 0 heterocycles. The van der Waals surface area contributed by atoms with E-state index in [9.17, 15) is 15.2 Å². The van der Waals surface area contributed by atoms with Crippen LogP contribution in [0.3, 0.4) is 0 Å². The molecule has 1 rings (SSSR count). The van der Waals surface area contributed by atoms with Crippen LogP contribution in [0.2, 0.25) is 0 Å². The number of nitrogens with zero attached hydrogens (tertiary/aromatic N) is 2. The zero-order valence-corrected chi connectivity index (χ0v) is 7.25. The van der Waals surface area contributed by atoms with Crippen molar-refractivity contribution in [1.82, 2.24) is 0 Å². The fourth-order valence-corrected chi connectivity index (χ4v) is 1.13. The van der Waals surface area contributed by atoms with Crippen molar-refractivity contribution in [1.29, 1.82) is 5.26 Å². The van der Waals surface area contributed by atoms with Gasteiger partial charge >= 0.3 is 0 Å². The fraction of sp³-hybridized carbons (Fsp3) is 0.222. The zero-order valence-electron chi connectivity index (χ0n) is 7.25. The smallest absolute Gasteiger partial charge is 0.275 e. The van der Waals surface area contributed by atoms with Gasteiger partial charge in [-0.25, -0.2) is 0 Å². The van der Waals surface area contributed by atoms with Gasteiger partial charge in [-0.3, -0.25) is 10.1 Å². The maximum Gasteiger partial charge on any atom is 0.275 e. The first-order valence-corrected chi connectivity index (χ1v) is 3.95. The molecule has 0 aromatic heterocycles. The van der Waals surface area contributed by atoms with Gasteiger partial charge in [-0.05, 0) is 6.07 Å². The van der Waals surface area contributed by atoms with E-state index in [-0.39, 0.29) is 17.7 Å². The standard InChI is InChI=1S/C9H8N2O3/c10-6-5-9(12)7-3-1-2-4-8(7)11(13)14/h1-4,9,12H,5H2/t9-/m0/s1. The molecule has 1 N–H and O–H groups in total. The molecule has 0 amide bonds. The SMILES string of the molecule is N#CC[C@H](O)c1ccccc1[N+](=O)[O-]. The van der Waals surface area contributed by atoms with Gasteiger partial charge in [0.15, 0.2) is 0 Å². The lowest BCUT2D eigenvalue weighted by molar-refractivity contribution is -0.386. The highest BCUT2D eigenvalue weighted by molar-refractivity contribution is 5.41. The van der Waals surface area contributed by atoms with Crippen LogP contribution >= 0.6 is 0 Å². The van der Waals surface area contributed by atoms with Gasteiger partial charge < -0.3 is 5.11 Å². The highest BCUT2D eigenvalue weighted by Gasteiger charge is 2.18. The summed E-state index contributed by atoms with van der Waals surface area (Å²) < 4.78 is 0. The Morgan fingerprint density at radius 2 is 2.21 bits per heavy atom. The van der Waals surface area contributed by atoms with Crippen LogP contribution in [-0.2, 0) is 0 Å². The van der Waals surface area contributed by atoms with E-state index in [0.29, 0.717) is 0 Å². The topological polar surface area (TPSA) is 87.2 Å². The number of hydrogen-bond donors (Lipinski definition) is 1.